The number of nitrogens with zero attached hydrogens (tertiary/aromatic N) is 2. The lowest BCUT2D eigenvalue weighted by Crippen LogP contribution is -2.27. The van der Waals surface area contributed by atoms with Gasteiger partial charge in [-0.05, 0) is 56.7 Å². The molecule has 0 unspecified atom stereocenters. The van der Waals surface area contributed by atoms with Crippen LogP contribution in [0.15, 0.2) is 48.5 Å². The quantitative estimate of drug-likeness (QED) is 0.604. The molecule has 0 saturated carbocycles. The fourth-order valence-electron chi connectivity index (χ4n) is 3.29. The molecule has 1 N–H and O–H groups in total. The third-order valence-corrected chi connectivity index (χ3v) is 4.86. The number of fused-ring (bicyclic) bond motifs is 1. The van der Waals surface area contributed by atoms with Crippen molar-refractivity contribution in [3.63, 3.8) is 0 Å². The van der Waals surface area contributed by atoms with E-state index in [0.717, 1.165) is 6.54 Å². The second-order valence-corrected chi connectivity index (χ2v) is 7.27. The van der Waals surface area contributed by atoms with E-state index in [1.807, 2.05) is 31.1 Å². The van der Waals surface area contributed by atoms with Gasteiger partial charge in [0.05, 0.1) is 7.11 Å². The molecule has 3 aromatic rings. The van der Waals surface area contributed by atoms with Crippen LogP contribution in [0.3, 0.4) is 0 Å². The Morgan fingerprint density at radius 1 is 1.10 bits per heavy atom. The fraction of sp³-hybridized carbons (Fsp3) is 0.348. The zero-order valence-electron chi connectivity index (χ0n) is 17.6. The number of ether oxygens (including phenoxy) is 2. The number of likely N-dealkylation sites (N-methyl/N-ethyl adjacent to an activating group) is 1. The molecule has 0 aliphatic heterocycles. The van der Waals surface area contributed by atoms with Gasteiger partial charge in [-0.15, -0.1) is 0 Å². The van der Waals surface area contributed by atoms with Gasteiger partial charge in [-0.25, -0.2) is 0 Å². The van der Waals surface area contributed by atoms with Crippen molar-refractivity contribution < 1.29 is 14.3 Å². The SMILES string of the molecule is COc1cc(C(=O)NCCn2c(C)cc3ccccc32)ccc1OCCN(C)C. The number of aryl methyl sites for hydroxylation is 1. The van der Waals surface area contributed by atoms with Crippen molar-refractivity contribution in [2.75, 3.05) is 40.9 Å². The van der Waals surface area contributed by atoms with Crippen LogP contribution in [0, 0.1) is 6.92 Å². The Hall–Kier alpha value is -2.99. The van der Waals surface area contributed by atoms with E-state index >= 15 is 0 Å². The topological polar surface area (TPSA) is 55.7 Å². The molecule has 0 radical (unpaired) electrons. The molecule has 0 aliphatic rings. The number of benzene rings is 2. The molecule has 29 heavy (non-hydrogen) atoms. The number of rotatable bonds is 9. The van der Waals surface area contributed by atoms with Crippen LogP contribution in [0.2, 0.25) is 0 Å². The van der Waals surface area contributed by atoms with Gasteiger partial charge in [0.1, 0.15) is 6.61 Å². The number of amides is 1. The second kappa shape index (κ2) is 9.47. The van der Waals surface area contributed by atoms with Gasteiger partial charge in [-0.3, -0.25) is 4.79 Å². The summed E-state index contributed by atoms with van der Waals surface area (Å²) in [6.07, 6.45) is 0. The van der Waals surface area contributed by atoms with Gasteiger partial charge in [0.25, 0.3) is 5.91 Å². The van der Waals surface area contributed by atoms with Crippen LogP contribution in [0.25, 0.3) is 10.9 Å². The lowest BCUT2D eigenvalue weighted by Gasteiger charge is -2.14. The van der Waals surface area contributed by atoms with Crippen molar-refractivity contribution in [1.82, 2.24) is 14.8 Å². The summed E-state index contributed by atoms with van der Waals surface area (Å²) in [5, 5.41) is 4.21. The molecule has 1 amide bonds. The van der Waals surface area contributed by atoms with Gasteiger partial charge in [0, 0.05) is 36.4 Å². The first kappa shape index (κ1) is 20.7. The molecule has 6 heteroatoms. The maximum atomic E-state index is 12.6. The van der Waals surface area contributed by atoms with Gasteiger partial charge in [0.2, 0.25) is 0 Å². The summed E-state index contributed by atoms with van der Waals surface area (Å²) in [6, 6.07) is 15.7. The minimum Gasteiger partial charge on any atom is -0.493 e. The molecule has 0 saturated heterocycles. The number of aromatic nitrogens is 1. The van der Waals surface area contributed by atoms with Crippen molar-refractivity contribution in [2.45, 2.75) is 13.5 Å². The minimum absolute atomic E-state index is 0.128. The Labute approximate surface area is 172 Å². The maximum Gasteiger partial charge on any atom is 0.251 e. The van der Waals surface area contributed by atoms with Crippen molar-refractivity contribution >= 4 is 16.8 Å². The van der Waals surface area contributed by atoms with Crippen LogP contribution in [0.5, 0.6) is 11.5 Å². The van der Waals surface area contributed by atoms with Gasteiger partial charge in [-0.1, -0.05) is 18.2 Å². The molecule has 0 aliphatic carbocycles. The first-order valence-corrected chi connectivity index (χ1v) is 9.78. The monoisotopic (exact) mass is 395 g/mol. The molecule has 1 heterocycles. The molecule has 1 aromatic heterocycles. The first-order valence-electron chi connectivity index (χ1n) is 9.78. The third-order valence-electron chi connectivity index (χ3n) is 4.86. The molecule has 0 bridgehead atoms. The zero-order chi connectivity index (χ0) is 20.8. The Bertz CT molecular complexity index is 979. The summed E-state index contributed by atoms with van der Waals surface area (Å²) in [6.45, 7) is 4.70. The van der Waals surface area contributed by atoms with E-state index in [2.05, 4.69) is 35.0 Å². The van der Waals surface area contributed by atoms with Gasteiger partial charge in [-0.2, -0.15) is 0 Å². The first-order chi connectivity index (χ1) is 14.0. The Morgan fingerprint density at radius 3 is 2.66 bits per heavy atom. The highest BCUT2D eigenvalue weighted by molar-refractivity contribution is 5.94. The van der Waals surface area contributed by atoms with Crippen LogP contribution in [-0.2, 0) is 6.54 Å². The number of carbonyl (C=O) groups is 1. The van der Waals surface area contributed by atoms with Crippen molar-refractivity contribution in [3.05, 3.63) is 59.8 Å². The number of para-hydroxylation sites is 1. The summed E-state index contributed by atoms with van der Waals surface area (Å²) in [5.74, 6) is 1.07. The Balaban J connectivity index is 1.60. The van der Waals surface area contributed by atoms with E-state index in [0.29, 0.717) is 36.8 Å². The molecule has 0 spiro atoms. The standard InChI is InChI=1S/C23H29N3O3/c1-17-15-18-7-5-6-8-20(18)26(17)12-11-24-23(27)19-9-10-21(22(16-19)28-4)29-14-13-25(2)3/h5-10,15-16H,11-14H2,1-4H3,(H,24,27). The lowest BCUT2D eigenvalue weighted by molar-refractivity contribution is 0.0952. The van der Waals surface area contributed by atoms with Crippen LogP contribution < -0.4 is 14.8 Å². The molecule has 3 rings (SSSR count). The predicted octanol–water partition coefficient (Wildman–Crippen LogP) is 3.33. The Morgan fingerprint density at radius 2 is 1.90 bits per heavy atom. The van der Waals surface area contributed by atoms with Crippen LogP contribution in [0.4, 0.5) is 0 Å². The maximum absolute atomic E-state index is 12.6. The van der Waals surface area contributed by atoms with E-state index in [-0.39, 0.29) is 5.91 Å². The number of hydrogen-bond acceptors (Lipinski definition) is 4. The van der Waals surface area contributed by atoms with E-state index in [9.17, 15) is 4.79 Å². The average molecular weight is 396 g/mol. The molecule has 0 fully saturated rings. The highest BCUT2D eigenvalue weighted by atomic mass is 16.5. The van der Waals surface area contributed by atoms with Crippen molar-refractivity contribution in [1.29, 1.82) is 0 Å². The smallest absolute Gasteiger partial charge is 0.251 e. The predicted molar refractivity (Wildman–Crippen MR) is 116 cm³/mol. The highest BCUT2D eigenvalue weighted by Gasteiger charge is 2.12. The van der Waals surface area contributed by atoms with Gasteiger partial charge >= 0.3 is 0 Å². The normalized spacial score (nSPS) is 11.1. The number of hydrogen-bond donors (Lipinski definition) is 1. The summed E-state index contributed by atoms with van der Waals surface area (Å²) < 4.78 is 13.4. The largest absolute Gasteiger partial charge is 0.493 e. The highest BCUT2D eigenvalue weighted by Crippen LogP contribution is 2.28. The summed E-state index contributed by atoms with van der Waals surface area (Å²) in [5.41, 5.74) is 2.91. The fourth-order valence-corrected chi connectivity index (χ4v) is 3.29. The number of methoxy groups -OCH3 is 1. The lowest BCUT2D eigenvalue weighted by atomic mass is 10.2. The summed E-state index contributed by atoms with van der Waals surface area (Å²) in [4.78, 5) is 14.6. The van der Waals surface area contributed by atoms with E-state index in [1.54, 1.807) is 25.3 Å². The molecule has 154 valence electrons. The Kier molecular flexibility index (Phi) is 6.77. The molecule has 6 nitrogen and oxygen atoms in total. The van der Waals surface area contributed by atoms with Crippen LogP contribution in [-0.4, -0.2) is 56.3 Å². The third kappa shape index (κ3) is 5.09. The summed E-state index contributed by atoms with van der Waals surface area (Å²) >= 11 is 0. The van der Waals surface area contributed by atoms with Crippen molar-refractivity contribution in [3.8, 4) is 11.5 Å². The molecular weight excluding hydrogens is 366 g/mol. The van der Waals surface area contributed by atoms with E-state index < -0.39 is 0 Å². The molecule has 2 aromatic carbocycles. The van der Waals surface area contributed by atoms with Crippen LogP contribution >= 0.6 is 0 Å². The van der Waals surface area contributed by atoms with Crippen LogP contribution in [0.1, 0.15) is 16.1 Å². The van der Waals surface area contributed by atoms with Gasteiger partial charge < -0.3 is 24.3 Å². The molecule has 0 atom stereocenters. The van der Waals surface area contributed by atoms with E-state index in [1.165, 1.54) is 16.6 Å². The van der Waals surface area contributed by atoms with Gasteiger partial charge in [0.15, 0.2) is 11.5 Å². The number of carbonyl (C=O) groups excluding carboxylic acids is 1. The second-order valence-electron chi connectivity index (χ2n) is 7.27. The van der Waals surface area contributed by atoms with Crippen molar-refractivity contribution in [2.24, 2.45) is 0 Å². The average Bonchev–Trinajstić information content (AvgIpc) is 3.03. The summed E-state index contributed by atoms with van der Waals surface area (Å²) in [7, 11) is 5.56. The van der Waals surface area contributed by atoms with E-state index in [4.69, 9.17) is 9.47 Å². The zero-order valence-corrected chi connectivity index (χ0v) is 17.6. The minimum atomic E-state index is -0.128. The number of nitrogens with one attached hydrogen (secondary N) is 1. The molecular formula is C23H29N3O3.